The van der Waals surface area contributed by atoms with E-state index in [1.54, 1.807) is 12.1 Å². The Bertz CT molecular complexity index is 271. The summed E-state index contributed by atoms with van der Waals surface area (Å²) in [6.07, 6.45) is 0. The van der Waals surface area contributed by atoms with Gasteiger partial charge in [-0.2, -0.15) is 0 Å². The number of rotatable bonds is 1. The number of aliphatic hydroxyl groups is 1. The van der Waals surface area contributed by atoms with Crippen LogP contribution in [0.2, 0.25) is 0 Å². The van der Waals surface area contributed by atoms with Crippen molar-refractivity contribution in [1.82, 2.24) is 0 Å². The van der Waals surface area contributed by atoms with Crippen molar-refractivity contribution in [3.63, 3.8) is 0 Å². The van der Waals surface area contributed by atoms with Crippen molar-refractivity contribution < 1.29 is 10.2 Å². The highest BCUT2D eigenvalue weighted by Crippen LogP contribution is 2.23. The maximum Gasteiger partial charge on any atom is 0.129 e. The number of phenolic OH excluding ortho intramolecular Hbond substituents is 1. The van der Waals surface area contributed by atoms with Crippen LogP contribution in [0.25, 0.3) is 0 Å². The summed E-state index contributed by atoms with van der Waals surface area (Å²) in [6.45, 7) is 1.89. The predicted octanol–water partition coefficient (Wildman–Crippen LogP) is 1.80. The summed E-state index contributed by atoms with van der Waals surface area (Å²) in [5.74, 6) is 0.278. The van der Waals surface area contributed by atoms with Crippen LogP contribution in [-0.4, -0.2) is 10.2 Å². The number of aryl methyl sites for hydroxylation is 1. The minimum absolute atomic E-state index is 0.0299. The van der Waals surface area contributed by atoms with E-state index in [2.05, 4.69) is 0 Å². The first-order valence-electron chi connectivity index (χ1n) is 3.24. The smallest absolute Gasteiger partial charge is 0.129 e. The third-order valence-corrected chi connectivity index (χ3v) is 2.44. The predicted molar refractivity (Wildman–Crippen MR) is 51.5 cm³/mol. The SMILES string of the molecule is Cc1cc(O)c(I)cc1CO. The number of halogens is 1. The Hall–Kier alpha value is -0.290. The number of benzene rings is 1. The van der Waals surface area contributed by atoms with Gasteiger partial charge in [-0.05, 0) is 52.8 Å². The highest BCUT2D eigenvalue weighted by Gasteiger charge is 2.02. The fourth-order valence-electron chi connectivity index (χ4n) is 0.878. The second-order valence-electron chi connectivity index (χ2n) is 2.39. The van der Waals surface area contributed by atoms with Gasteiger partial charge in [0.1, 0.15) is 5.75 Å². The van der Waals surface area contributed by atoms with E-state index in [4.69, 9.17) is 5.11 Å². The highest BCUT2D eigenvalue weighted by molar-refractivity contribution is 14.1. The lowest BCUT2D eigenvalue weighted by atomic mass is 10.1. The lowest BCUT2D eigenvalue weighted by Gasteiger charge is -2.04. The summed E-state index contributed by atoms with van der Waals surface area (Å²) in [5, 5.41) is 18.1. The van der Waals surface area contributed by atoms with Crippen LogP contribution in [0.3, 0.4) is 0 Å². The van der Waals surface area contributed by atoms with Gasteiger partial charge in [-0.25, -0.2) is 0 Å². The molecule has 0 aliphatic carbocycles. The molecule has 2 N–H and O–H groups in total. The van der Waals surface area contributed by atoms with Crippen LogP contribution in [0.4, 0.5) is 0 Å². The molecule has 0 atom stereocenters. The molecule has 0 aromatic heterocycles. The normalized spacial score (nSPS) is 10.1. The Balaban J connectivity index is 3.21. The molecule has 0 saturated carbocycles. The topological polar surface area (TPSA) is 40.5 Å². The van der Waals surface area contributed by atoms with E-state index >= 15 is 0 Å². The zero-order chi connectivity index (χ0) is 8.43. The van der Waals surface area contributed by atoms with Crippen molar-refractivity contribution in [2.24, 2.45) is 0 Å². The van der Waals surface area contributed by atoms with E-state index in [-0.39, 0.29) is 12.4 Å². The molecule has 1 aromatic rings. The highest BCUT2D eigenvalue weighted by atomic mass is 127. The minimum atomic E-state index is 0.0299. The fraction of sp³-hybridized carbons (Fsp3) is 0.250. The summed E-state index contributed by atoms with van der Waals surface area (Å²) >= 11 is 2.03. The molecular formula is C8H9IO2. The summed E-state index contributed by atoms with van der Waals surface area (Å²) in [4.78, 5) is 0. The lowest BCUT2D eigenvalue weighted by Crippen LogP contribution is -1.89. The summed E-state index contributed by atoms with van der Waals surface area (Å²) in [6, 6.07) is 3.44. The fourth-order valence-corrected chi connectivity index (χ4v) is 1.41. The van der Waals surface area contributed by atoms with Gasteiger partial charge in [-0.3, -0.25) is 0 Å². The van der Waals surface area contributed by atoms with Gasteiger partial charge in [0.2, 0.25) is 0 Å². The molecule has 60 valence electrons. The summed E-state index contributed by atoms with van der Waals surface area (Å²) in [7, 11) is 0. The zero-order valence-electron chi connectivity index (χ0n) is 6.13. The Morgan fingerprint density at radius 2 is 2.09 bits per heavy atom. The van der Waals surface area contributed by atoms with E-state index in [1.165, 1.54) is 0 Å². The maximum atomic E-state index is 9.23. The first-order chi connectivity index (χ1) is 5.15. The summed E-state index contributed by atoms with van der Waals surface area (Å²) in [5.41, 5.74) is 1.79. The van der Waals surface area contributed by atoms with Gasteiger partial charge in [-0.1, -0.05) is 0 Å². The largest absolute Gasteiger partial charge is 0.507 e. The van der Waals surface area contributed by atoms with Crippen LogP contribution in [0, 0.1) is 10.5 Å². The van der Waals surface area contributed by atoms with Crippen LogP contribution < -0.4 is 0 Å². The number of phenols is 1. The molecular weight excluding hydrogens is 255 g/mol. The van der Waals surface area contributed by atoms with E-state index in [0.29, 0.717) is 0 Å². The molecule has 3 heteroatoms. The number of hydrogen-bond donors (Lipinski definition) is 2. The molecule has 0 spiro atoms. The first-order valence-corrected chi connectivity index (χ1v) is 4.32. The standard InChI is InChI=1S/C8H9IO2/c1-5-2-8(11)7(9)3-6(5)4-10/h2-3,10-11H,4H2,1H3. The third kappa shape index (κ3) is 1.84. The number of aromatic hydroxyl groups is 1. The van der Waals surface area contributed by atoms with E-state index < -0.39 is 0 Å². The average molecular weight is 264 g/mol. The molecule has 0 amide bonds. The van der Waals surface area contributed by atoms with Gasteiger partial charge in [0, 0.05) is 0 Å². The van der Waals surface area contributed by atoms with Gasteiger partial charge >= 0.3 is 0 Å². The van der Waals surface area contributed by atoms with Crippen LogP contribution >= 0.6 is 22.6 Å². The number of aliphatic hydroxyl groups excluding tert-OH is 1. The van der Waals surface area contributed by atoms with Gasteiger partial charge in [0.25, 0.3) is 0 Å². The lowest BCUT2D eigenvalue weighted by molar-refractivity contribution is 0.281. The molecule has 1 aromatic carbocycles. The van der Waals surface area contributed by atoms with E-state index in [0.717, 1.165) is 14.7 Å². The van der Waals surface area contributed by atoms with Crippen LogP contribution in [-0.2, 0) is 6.61 Å². The van der Waals surface area contributed by atoms with Crippen molar-refractivity contribution in [3.05, 3.63) is 26.8 Å². The Kier molecular flexibility index (Phi) is 2.72. The molecule has 11 heavy (non-hydrogen) atoms. The molecule has 0 heterocycles. The minimum Gasteiger partial charge on any atom is -0.507 e. The number of hydrogen-bond acceptors (Lipinski definition) is 2. The van der Waals surface area contributed by atoms with Crippen LogP contribution in [0.1, 0.15) is 11.1 Å². The third-order valence-electron chi connectivity index (χ3n) is 1.58. The van der Waals surface area contributed by atoms with E-state index in [1.807, 2.05) is 29.5 Å². The van der Waals surface area contributed by atoms with Gasteiger partial charge in [-0.15, -0.1) is 0 Å². The molecule has 0 unspecified atom stereocenters. The molecule has 0 fully saturated rings. The molecule has 1 rings (SSSR count). The second kappa shape index (κ2) is 3.40. The van der Waals surface area contributed by atoms with Crippen molar-refractivity contribution in [2.45, 2.75) is 13.5 Å². The monoisotopic (exact) mass is 264 g/mol. The quantitative estimate of drug-likeness (QED) is 0.759. The Labute approximate surface area is 79.0 Å². The molecule has 2 nitrogen and oxygen atoms in total. The Morgan fingerprint density at radius 1 is 1.45 bits per heavy atom. The van der Waals surface area contributed by atoms with Crippen molar-refractivity contribution >= 4 is 22.6 Å². The molecule has 0 saturated heterocycles. The van der Waals surface area contributed by atoms with Gasteiger partial charge in [0.05, 0.1) is 10.2 Å². The van der Waals surface area contributed by atoms with Gasteiger partial charge < -0.3 is 10.2 Å². The second-order valence-corrected chi connectivity index (χ2v) is 3.55. The molecule has 0 radical (unpaired) electrons. The van der Waals surface area contributed by atoms with Crippen molar-refractivity contribution in [2.75, 3.05) is 0 Å². The molecule has 0 aliphatic rings. The maximum absolute atomic E-state index is 9.23. The van der Waals surface area contributed by atoms with Crippen molar-refractivity contribution in [3.8, 4) is 5.75 Å². The van der Waals surface area contributed by atoms with Crippen LogP contribution in [0.15, 0.2) is 12.1 Å². The Morgan fingerprint density at radius 3 is 2.64 bits per heavy atom. The van der Waals surface area contributed by atoms with Crippen molar-refractivity contribution in [1.29, 1.82) is 0 Å². The molecule has 0 bridgehead atoms. The molecule has 0 aliphatic heterocycles. The first kappa shape index (κ1) is 8.80. The van der Waals surface area contributed by atoms with Crippen LogP contribution in [0.5, 0.6) is 5.75 Å². The average Bonchev–Trinajstić information content (AvgIpc) is 1.97. The zero-order valence-corrected chi connectivity index (χ0v) is 8.29. The van der Waals surface area contributed by atoms with Gasteiger partial charge in [0.15, 0.2) is 0 Å². The van der Waals surface area contributed by atoms with E-state index in [9.17, 15) is 5.11 Å². The summed E-state index contributed by atoms with van der Waals surface area (Å²) < 4.78 is 0.775.